The first kappa shape index (κ1) is 12.3. The van der Waals surface area contributed by atoms with Crippen LogP contribution >= 0.6 is 0 Å². The Hall–Kier alpha value is -1.20. The van der Waals surface area contributed by atoms with E-state index in [2.05, 4.69) is 9.88 Å². The lowest BCUT2D eigenvalue weighted by Crippen LogP contribution is -2.44. The zero-order chi connectivity index (χ0) is 12.3. The van der Waals surface area contributed by atoms with Gasteiger partial charge in [0.2, 0.25) is 0 Å². The minimum absolute atomic E-state index is 0.180. The van der Waals surface area contributed by atoms with Crippen molar-refractivity contribution in [2.24, 2.45) is 7.05 Å². The van der Waals surface area contributed by atoms with E-state index in [0.29, 0.717) is 26.0 Å². The second-order valence-corrected chi connectivity index (χ2v) is 4.54. The molecular formula is C12H19N3O2. The van der Waals surface area contributed by atoms with Gasteiger partial charge in [-0.25, -0.2) is 4.98 Å². The molecule has 94 valence electrons. The summed E-state index contributed by atoms with van der Waals surface area (Å²) in [6.45, 7) is 2.26. The predicted octanol–water partition coefficient (Wildman–Crippen LogP) is 0.252. The Balaban J connectivity index is 1.83. The number of hydrogen-bond acceptors (Lipinski definition) is 4. The minimum atomic E-state index is -0.256. The highest BCUT2D eigenvalue weighted by Gasteiger charge is 2.24. The summed E-state index contributed by atoms with van der Waals surface area (Å²) in [6.07, 6.45) is 4.58. The van der Waals surface area contributed by atoms with Crippen molar-refractivity contribution in [3.8, 4) is 0 Å². The van der Waals surface area contributed by atoms with Gasteiger partial charge in [0.1, 0.15) is 11.9 Å². The number of Topliss-reactive ketones (excluding diaryl/α,β-unsaturated/α-hetero) is 1. The smallest absolute Gasteiger partial charge is 0.163 e. The Labute approximate surface area is 101 Å². The van der Waals surface area contributed by atoms with Gasteiger partial charge in [-0.2, -0.15) is 0 Å². The van der Waals surface area contributed by atoms with Crippen molar-refractivity contribution in [3.05, 3.63) is 18.2 Å². The van der Waals surface area contributed by atoms with E-state index < -0.39 is 0 Å². The fourth-order valence-corrected chi connectivity index (χ4v) is 2.01. The fraction of sp³-hybridized carbons (Fsp3) is 0.667. The molecule has 0 amide bonds. The lowest BCUT2D eigenvalue weighted by Gasteiger charge is -2.29. The topological polar surface area (TPSA) is 47.4 Å². The molecule has 2 rings (SSSR count). The van der Waals surface area contributed by atoms with Crippen LogP contribution in [0.3, 0.4) is 0 Å². The van der Waals surface area contributed by atoms with Crippen LogP contribution in [-0.4, -0.2) is 53.1 Å². The summed E-state index contributed by atoms with van der Waals surface area (Å²) >= 11 is 0. The van der Waals surface area contributed by atoms with Gasteiger partial charge in [-0.15, -0.1) is 0 Å². The molecule has 1 fully saturated rings. The van der Waals surface area contributed by atoms with Gasteiger partial charge in [-0.3, -0.25) is 4.79 Å². The molecule has 1 aromatic rings. The molecule has 2 heterocycles. The number of hydrogen-bond donors (Lipinski definition) is 0. The van der Waals surface area contributed by atoms with Crippen molar-refractivity contribution < 1.29 is 9.53 Å². The largest absolute Gasteiger partial charge is 0.368 e. The number of rotatable bonds is 4. The summed E-state index contributed by atoms with van der Waals surface area (Å²) in [5.41, 5.74) is 0. The van der Waals surface area contributed by atoms with E-state index in [0.717, 1.165) is 12.4 Å². The third kappa shape index (κ3) is 3.14. The van der Waals surface area contributed by atoms with Gasteiger partial charge < -0.3 is 14.2 Å². The van der Waals surface area contributed by atoms with Gasteiger partial charge in [0.05, 0.1) is 6.61 Å². The molecule has 0 radical (unpaired) electrons. The monoisotopic (exact) mass is 237 g/mol. The van der Waals surface area contributed by atoms with Crippen LogP contribution in [0.5, 0.6) is 0 Å². The van der Waals surface area contributed by atoms with Crippen molar-refractivity contribution in [2.75, 3.05) is 26.7 Å². The van der Waals surface area contributed by atoms with Crippen molar-refractivity contribution in [1.29, 1.82) is 0 Å². The van der Waals surface area contributed by atoms with Crippen molar-refractivity contribution in [1.82, 2.24) is 14.5 Å². The number of morpholine rings is 1. The van der Waals surface area contributed by atoms with Crippen LogP contribution < -0.4 is 0 Å². The van der Waals surface area contributed by atoms with Gasteiger partial charge in [0.25, 0.3) is 0 Å². The van der Waals surface area contributed by atoms with Gasteiger partial charge in [-0.1, -0.05) is 0 Å². The summed E-state index contributed by atoms with van der Waals surface area (Å²) in [4.78, 5) is 18.3. The zero-order valence-electron chi connectivity index (χ0n) is 10.4. The summed E-state index contributed by atoms with van der Waals surface area (Å²) in [5, 5.41) is 0. The molecule has 1 aliphatic heterocycles. The van der Waals surface area contributed by atoms with E-state index >= 15 is 0 Å². The molecule has 1 saturated heterocycles. The lowest BCUT2D eigenvalue weighted by molar-refractivity contribution is -0.135. The van der Waals surface area contributed by atoms with E-state index in [1.165, 1.54) is 0 Å². The normalized spacial score (nSPS) is 21.6. The highest BCUT2D eigenvalue weighted by atomic mass is 16.5. The van der Waals surface area contributed by atoms with E-state index in [-0.39, 0.29) is 11.9 Å². The average molecular weight is 237 g/mol. The Morgan fingerprint density at radius 1 is 1.59 bits per heavy atom. The first-order valence-corrected chi connectivity index (χ1v) is 5.96. The van der Waals surface area contributed by atoms with Crippen LogP contribution in [0.4, 0.5) is 0 Å². The molecule has 0 N–H and O–H groups in total. The Bertz CT molecular complexity index is 389. The molecule has 0 saturated carbocycles. The first-order chi connectivity index (χ1) is 8.16. The maximum absolute atomic E-state index is 12.0. The quantitative estimate of drug-likeness (QED) is 0.753. The van der Waals surface area contributed by atoms with E-state index in [4.69, 9.17) is 4.74 Å². The molecule has 0 bridgehead atoms. The molecular weight excluding hydrogens is 218 g/mol. The van der Waals surface area contributed by atoms with Crippen LogP contribution in [0, 0.1) is 0 Å². The SMILES string of the molecule is CN1CCOC(C(=O)CCc2nccn2C)C1. The number of aromatic nitrogens is 2. The molecule has 1 atom stereocenters. The van der Waals surface area contributed by atoms with E-state index in [9.17, 15) is 4.79 Å². The number of likely N-dealkylation sites (N-methyl/N-ethyl adjacent to an activating group) is 1. The number of carbonyl (C=O) groups excluding carboxylic acids is 1. The number of aryl methyl sites for hydroxylation is 2. The average Bonchev–Trinajstić information content (AvgIpc) is 2.72. The van der Waals surface area contributed by atoms with E-state index in [1.807, 2.05) is 24.9 Å². The predicted molar refractivity (Wildman–Crippen MR) is 63.8 cm³/mol. The standard InChI is InChI=1S/C12H19N3O2/c1-14-7-8-17-11(9-14)10(16)3-4-12-13-5-6-15(12)2/h5-6,11H,3-4,7-9H2,1-2H3. The Kier molecular flexibility index (Phi) is 3.91. The number of ketones is 1. The van der Waals surface area contributed by atoms with Crippen LogP contribution in [0.2, 0.25) is 0 Å². The number of imidazole rings is 1. The Morgan fingerprint density at radius 2 is 2.41 bits per heavy atom. The van der Waals surface area contributed by atoms with Crippen LogP contribution in [0.1, 0.15) is 12.2 Å². The maximum Gasteiger partial charge on any atom is 0.163 e. The van der Waals surface area contributed by atoms with Gasteiger partial charge in [0, 0.05) is 45.4 Å². The first-order valence-electron chi connectivity index (χ1n) is 5.96. The van der Waals surface area contributed by atoms with Gasteiger partial charge in [-0.05, 0) is 7.05 Å². The summed E-state index contributed by atoms with van der Waals surface area (Å²) < 4.78 is 7.44. The van der Waals surface area contributed by atoms with Crippen molar-refractivity contribution in [3.63, 3.8) is 0 Å². The molecule has 0 aliphatic carbocycles. The van der Waals surface area contributed by atoms with Crippen LogP contribution in [-0.2, 0) is 23.0 Å². The van der Waals surface area contributed by atoms with Gasteiger partial charge in [0.15, 0.2) is 5.78 Å². The fourth-order valence-electron chi connectivity index (χ4n) is 2.01. The third-order valence-electron chi connectivity index (χ3n) is 3.14. The maximum atomic E-state index is 12.0. The van der Waals surface area contributed by atoms with Crippen molar-refractivity contribution in [2.45, 2.75) is 18.9 Å². The van der Waals surface area contributed by atoms with Gasteiger partial charge >= 0.3 is 0 Å². The molecule has 17 heavy (non-hydrogen) atoms. The minimum Gasteiger partial charge on any atom is -0.368 e. The summed E-state index contributed by atoms with van der Waals surface area (Å²) in [5.74, 6) is 1.13. The second kappa shape index (κ2) is 5.42. The highest BCUT2D eigenvalue weighted by molar-refractivity contribution is 5.83. The lowest BCUT2D eigenvalue weighted by atomic mass is 10.1. The molecule has 1 unspecified atom stereocenters. The van der Waals surface area contributed by atoms with Crippen LogP contribution in [0.15, 0.2) is 12.4 Å². The van der Waals surface area contributed by atoms with E-state index in [1.54, 1.807) is 6.20 Å². The molecule has 0 spiro atoms. The molecule has 5 heteroatoms. The number of nitrogens with zero attached hydrogens (tertiary/aromatic N) is 3. The number of ether oxygens (including phenoxy) is 1. The van der Waals surface area contributed by atoms with Crippen molar-refractivity contribution >= 4 is 5.78 Å². The Morgan fingerprint density at radius 3 is 3.06 bits per heavy atom. The summed E-state index contributed by atoms with van der Waals surface area (Å²) in [6, 6.07) is 0. The molecule has 0 aromatic carbocycles. The highest BCUT2D eigenvalue weighted by Crippen LogP contribution is 2.08. The molecule has 1 aliphatic rings. The third-order valence-corrected chi connectivity index (χ3v) is 3.14. The molecule has 1 aromatic heterocycles. The number of carbonyl (C=O) groups is 1. The summed E-state index contributed by atoms with van der Waals surface area (Å²) in [7, 11) is 3.96. The van der Waals surface area contributed by atoms with Crippen LogP contribution in [0.25, 0.3) is 0 Å². The molecule has 5 nitrogen and oxygen atoms in total. The second-order valence-electron chi connectivity index (χ2n) is 4.54. The zero-order valence-corrected chi connectivity index (χ0v) is 10.4.